The molecule has 0 radical (unpaired) electrons. The summed E-state index contributed by atoms with van der Waals surface area (Å²) in [5.74, 6) is 0.109. The van der Waals surface area contributed by atoms with Crippen molar-refractivity contribution in [3.63, 3.8) is 0 Å². The van der Waals surface area contributed by atoms with Crippen molar-refractivity contribution in [3.05, 3.63) is 53.9 Å². The number of amides is 1. The van der Waals surface area contributed by atoms with Gasteiger partial charge in [-0.25, -0.2) is 13.4 Å². The molecule has 0 unspecified atom stereocenters. The number of nitrogens with zero attached hydrogens (tertiary/aromatic N) is 1. The molecule has 2 aromatic carbocycles. The first-order chi connectivity index (χ1) is 11.3. The van der Waals surface area contributed by atoms with Crippen molar-refractivity contribution < 1.29 is 17.6 Å². The first-order valence-electron chi connectivity index (χ1n) is 7.07. The topological polar surface area (TPSA) is 101 Å². The predicted molar refractivity (Wildman–Crippen MR) is 91.6 cm³/mol. The summed E-state index contributed by atoms with van der Waals surface area (Å²) >= 11 is 0. The summed E-state index contributed by atoms with van der Waals surface area (Å²) < 4.78 is 30.6. The van der Waals surface area contributed by atoms with Crippen molar-refractivity contribution in [3.8, 4) is 0 Å². The van der Waals surface area contributed by atoms with Crippen LogP contribution in [-0.2, 0) is 10.0 Å². The Kier molecular flexibility index (Phi) is 3.98. The Labute approximate surface area is 138 Å². The number of fused-ring (bicyclic) bond motifs is 1. The lowest BCUT2D eigenvalue weighted by molar-refractivity contribution is 0.102. The van der Waals surface area contributed by atoms with Crippen molar-refractivity contribution in [2.45, 2.75) is 6.92 Å². The zero-order valence-corrected chi connectivity index (χ0v) is 13.8. The van der Waals surface area contributed by atoms with Crippen LogP contribution in [0.25, 0.3) is 11.1 Å². The van der Waals surface area contributed by atoms with Gasteiger partial charge in [-0.05, 0) is 30.3 Å². The number of carbonyl (C=O) groups excluding carboxylic acids is 1. The van der Waals surface area contributed by atoms with E-state index in [9.17, 15) is 13.2 Å². The van der Waals surface area contributed by atoms with Crippen LogP contribution in [0.3, 0.4) is 0 Å². The first kappa shape index (κ1) is 16.0. The third-order valence-corrected chi connectivity index (χ3v) is 3.81. The lowest BCUT2D eigenvalue weighted by Crippen LogP contribution is -2.17. The van der Waals surface area contributed by atoms with Gasteiger partial charge in [0.25, 0.3) is 5.91 Å². The number of hydrogen-bond donors (Lipinski definition) is 2. The molecule has 0 aliphatic carbocycles. The normalized spacial score (nSPS) is 11.4. The lowest BCUT2D eigenvalue weighted by Gasteiger charge is -2.11. The van der Waals surface area contributed by atoms with Crippen LogP contribution in [0.4, 0.5) is 11.4 Å². The Morgan fingerprint density at radius 1 is 1.17 bits per heavy atom. The number of para-hydroxylation sites is 1. The maximum Gasteiger partial charge on any atom is 0.257 e. The second-order valence-corrected chi connectivity index (χ2v) is 7.04. The minimum atomic E-state index is -3.48. The molecule has 8 heteroatoms. The van der Waals surface area contributed by atoms with Crippen LogP contribution in [0.15, 0.2) is 46.9 Å². The number of nitrogens with one attached hydrogen (secondary N) is 2. The van der Waals surface area contributed by atoms with Crippen molar-refractivity contribution in [2.75, 3.05) is 16.3 Å². The number of aromatic nitrogens is 1. The molecule has 24 heavy (non-hydrogen) atoms. The van der Waals surface area contributed by atoms with Gasteiger partial charge >= 0.3 is 0 Å². The Morgan fingerprint density at radius 3 is 2.67 bits per heavy atom. The highest BCUT2D eigenvalue weighted by atomic mass is 32.2. The molecule has 3 aromatic rings. The summed E-state index contributed by atoms with van der Waals surface area (Å²) in [5.41, 5.74) is 2.24. The monoisotopic (exact) mass is 345 g/mol. The maximum atomic E-state index is 12.5. The second kappa shape index (κ2) is 5.97. The van der Waals surface area contributed by atoms with E-state index in [0.29, 0.717) is 22.7 Å². The molecule has 7 nitrogen and oxygen atoms in total. The van der Waals surface area contributed by atoms with E-state index in [1.165, 1.54) is 6.07 Å². The lowest BCUT2D eigenvalue weighted by atomic mass is 10.1. The van der Waals surface area contributed by atoms with Crippen molar-refractivity contribution >= 4 is 38.4 Å². The number of aryl methyl sites for hydroxylation is 1. The van der Waals surface area contributed by atoms with Gasteiger partial charge < -0.3 is 9.73 Å². The van der Waals surface area contributed by atoms with Crippen LogP contribution in [0.5, 0.6) is 0 Å². The molecule has 0 bridgehead atoms. The van der Waals surface area contributed by atoms with E-state index in [-0.39, 0.29) is 11.3 Å². The van der Waals surface area contributed by atoms with Crippen LogP contribution in [-0.4, -0.2) is 25.6 Å². The van der Waals surface area contributed by atoms with E-state index in [0.717, 1.165) is 6.26 Å². The summed E-state index contributed by atoms with van der Waals surface area (Å²) in [6, 6.07) is 11.5. The Morgan fingerprint density at radius 2 is 1.92 bits per heavy atom. The minimum Gasteiger partial charge on any atom is -0.441 e. The fourth-order valence-corrected chi connectivity index (χ4v) is 2.87. The van der Waals surface area contributed by atoms with Gasteiger partial charge in [0.2, 0.25) is 10.0 Å². The SMILES string of the molecule is Cc1nc2cc(NC(=O)c3ccccc3NS(C)(=O)=O)ccc2o1. The highest BCUT2D eigenvalue weighted by Crippen LogP contribution is 2.22. The van der Waals surface area contributed by atoms with Gasteiger partial charge in [-0.2, -0.15) is 0 Å². The third-order valence-electron chi connectivity index (χ3n) is 3.22. The Hall–Kier alpha value is -2.87. The standard InChI is InChI=1S/C16H15N3O4S/c1-10-17-14-9-11(7-8-15(14)23-10)18-16(20)12-5-3-4-6-13(12)19-24(2,21)22/h3-9,19H,1-2H3,(H,18,20). The number of oxazole rings is 1. The molecule has 0 spiro atoms. The largest absolute Gasteiger partial charge is 0.441 e. The zero-order valence-electron chi connectivity index (χ0n) is 13.0. The van der Waals surface area contributed by atoms with Crippen LogP contribution < -0.4 is 10.0 Å². The Bertz CT molecular complexity index is 1020. The highest BCUT2D eigenvalue weighted by Gasteiger charge is 2.14. The molecule has 0 atom stereocenters. The van der Waals surface area contributed by atoms with Crippen LogP contribution in [0.1, 0.15) is 16.2 Å². The Balaban J connectivity index is 1.88. The van der Waals surface area contributed by atoms with Gasteiger partial charge in [-0.1, -0.05) is 12.1 Å². The van der Waals surface area contributed by atoms with Gasteiger partial charge in [-0.3, -0.25) is 9.52 Å². The third kappa shape index (κ3) is 3.54. The van der Waals surface area contributed by atoms with Crippen LogP contribution >= 0.6 is 0 Å². The van der Waals surface area contributed by atoms with Gasteiger partial charge in [0, 0.05) is 12.6 Å². The van der Waals surface area contributed by atoms with Crippen molar-refractivity contribution in [1.29, 1.82) is 0 Å². The van der Waals surface area contributed by atoms with E-state index >= 15 is 0 Å². The summed E-state index contributed by atoms with van der Waals surface area (Å²) in [7, 11) is -3.48. The van der Waals surface area contributed by atoms with Gasteiger partial charge in [-0.15, -0.1) is 0 Å². The maximum absolute atomic E-state index is 12.5. The second-order valence-electron chi connectivity index (χ2n) is 5.29. The molecule has 0 aliphatic heterocycles. The molecule has 0 saturated carbocycles. The molecular formula is C16H15N3O4S. The summed E-state index contributed by atoms with van der Waals surface area (Å²) in [6.45, 7) is 1.74. The van der Waals surface area contributed by atoms with Crippen molar-refractivity contribution in [1.82, 2.24) is 4.98 Å². The number of anilines is 2. The summed E-state index contributed by atoms with van der Waals surface area (Å²) in [4.78, 5) is 16.7. The molecule has 1 heterocycles. The van der Waals surface area contributed by atoms with Crippen LogP contribution in [0.2, 0.25) is 0 Å². The van der Waals surface area contributed by atoms with E-state index in [1.807, 2.05) is 0 Å². The van der Waals surface area contributed by atoms with E-state index in [4.69, 9.17) is 4.42 Å². The highest BCUT2D eigenvalue weighted by molar-refractivity contribution is 7.92. The molecule has 124 valence electrons. The number of hydrogen-bond acceptors (Lipinski definition) is 5. The van der Waals surface area contributed by atoms with Gasteiger partial charge in [0.05, 0.1) is 17.5 Å². The summed E-state index contributed by atoms with van der Waals surface area (Å²) in [5, 5.41) is 2.73. The zero-order chi connectivity index (χ0) is 17.3. The molecule has 0 aliphatic rings. The summed E-state index contributed by atoms with van der Waals surface area (Å²) in [6.07, 6.45) is 1.03. The number of benzene rings is 2. The van der Waals surface area contributed by atoms with E-state index in [1.54, 1.807) is 43.3 Å². The number of rotatable bonds is 4. The number of carbonyl (C=O) groups is 1. The average Bonchev–Trinajstić information content (AvgIpc) is 2.85. The number of sulfonamides is 1. The fourth-order valence-electron chi connectivity index (χ4n) is 2.29. The quantitative estimate of drug-likeness (QED) is 0.757. The fraction of sp³-hybridized carbons (Fsp3) is 0.125. The molecule has 0 saturated heterocycles. The van der Waals surface area contributed by atoms with E-state index < -0.39 is 15.9 Å². The van der Waals surface area contributed by atoms with Gasteiger partial charge in [0.1, 0.15) is 5.52 Å². The smallest absolute Gasteiger partial charge is 0.257 e. The van der Waals surface area contributed by atoms with Crippen LogP contribution in [0, 0.1) is 6.92 Å². The van der Waals surface area contributed by atoms with Crippen molar-refractivity contribution in [2.24, 2.45) is 0 Å². The molecule has 1 amide bonds. The molecule has 0 fully saturated rings. The first-order valence-corrected chi connectivity index (χ1v) is 8.96. The average molecular weight is 345 g/mol. The van der Waals surface area contributed by atoms with E-state index in [2.05, 4.69) is 15.0 Å². The predicted octanol–water partition coefficient (Wildman–Crippen LogP) is 2.76. The van der Waals surface area contributed by atoms with Gasteiger partial charge in [0.15, 0.2) is 11.5 Å². The molecule has 2 N–H and O–H groups in total. The molecular weight excluding hydrogens is 330 g/mol. The molecule has 1 aromatic heterocycles. The molecule has 3 rings (SSSR count). The minimum absolute atomic E-state index is 0.218.